The predicted molar refractivity (Wildman–Crippen MR) is 124 cm³/mol. The molecule has 1 N–H and O–H groups in total. The first-order valence-corrected chi connectivity index (χ1v) is 10.8. The molecule has 0 saturated carbocycles. The van der Waals surface area contributed by atoms with Gasteiger partial charge >= 0.3 is 0 Å². The largest absolute Gasteiger partial charge is 0.371 e. The molecule has 3 aromatic carbocycles. The third-order valence-corrected chi connectivity index (χ3v) is 6.34. The summed E-state index contributed by atoms with van der Waals surface area (Å²) in [6.07, 6.45) is 4.36. The van der Waals surface area contributed by atoms with E-state index in [4.69, 9.17) is 4.98 Å². The van der Waals surface area contributed by atoms with Crippen LogP contribution in [0.1, 0.15) is 30.0 Å². The lowest BCUT2D eigenvalue weighted by atomic mass is 9.98. The molecule has 1 aromatic heterocycles. The van der Waals surface area contributed by atoms with Gasteiger partial charge in [0.25, 0.3) is 0 Å². The SMILES string of the molecule is CNC1CCN(c2ccc3ncn(C(c4ccccc4)c4ccccc4)c3c2)CC1. The third-order valence-electron chi connectivity index (χ3n) is 6.34. The molecule has 4 heteroatoms. The summed E-state index contributed by atoms with van der Waals surface area (Å²) >= 11 is 0. The molecule has 1 aliphatic rings. The summed E-state index contributed by atoms with van der Waals surface area (Å²) in [6.45, 7) is 2.18. The Morgan fingerprint density at radius 3 is 2.10 bits per heavy atom. The van der Waals surface area contributed by atoms with Crippen LogP contribution in [0.4, 0.5) is 5.69 Å². The molecule has 4 aromatic rings. The number of benzene rings is 3. The third kappa shape index (κ3) is 3.59. The predicted octanol–water partition coefficient (Wildman–Crippen LogP) is 4.86. The van der Waals surface area contributed by atoms with Crippen LogP contribution in [0.2, 0.25) is 0 Å². The molecule has 1 aliphatic heterocycles. The van der Waals surface area contributed by atoms with Crippen LogP contribution >= 0.6 is 0 Å². The smallest absolute Gasteiger partial charge is 0.0966 e. The number of nitrogens with zero attached hydrogens (tertiary/aromatic N) is 3. The maximum atomic E-state index is 4.74. The number of imidazole rings is 1. The van der Waals surface area contributed by atoms with E-state index in [0.717, 1.165) is 18.6 Å². The number of hydrogen-bond donors (Lipinski definition) is 1. The van der Waals surface area contributed by atoms with Crippen LogP contribution in [-0.2, 0) is 0 Å². The number of anilines is 1. The van der Waals surface area contributed by atoms with E-state index in [2.05, 4.69) is 101 Å². The highest BCUT2D eigenvalue weighted by atomic mass is 15.2. The fraction of sp³-hybridized carbons (Fsp3) is 0.269. The van der Waals surface area contributed by atoms with Crippen molar-refractivity contribution < 1.29 is 0 Å². The molecule has 30 heavy (non-hydrogen) atoms. The molecular weight excluding hydrogens is 368 g/mol. The van der Waals surface area contributed by atoms with Gasteiger partial charge in [-0.15, -0.1) is 0 Å². The quantitative estimate of drug-likeness (QED) is 0.523. The second-order valence-corrected chi connectivity index (χ2v) is 8.10. The first-order valence-electron chi connectivity index (χ1n) is 10.8. The molecule has 0 aliphatic carbocycles. The Morgan fingerprint density at radius 2 is 1.50 bits per heavy atom. The lowest BCUT2D eigenvalue weighted by Gasteiger charge is -2.33. The fourth-order valence-electron chi connectivity index (χ4n) is 4.63. The zero-order valence-electron chi connectivity index (χ0n) is 17.4. The van der Waals surface area contributed by atoms with Crippen molar-refractivity contribution in [1.29, 1.82) is 0 Å². The van der Waals surface area contributed by atoms with Crippen molar-refractivity contribution in [2.45, 2.75) is 24.9 Å². The van der Waals surface area contributed by atoms with Crippen LogP contribution < -0.4 is 10.2 Å². The van der Waals surface area contributed by atoms with E-state index in [0.29, 0.717) is 6.04 Å². The molecule has 152 valence electrons. The highest BCUT2D eigenvalue weighted by molar-refractivity contribution is 5.80. The van der Waals surface area contributed by atoms with Gasteiger partial charge in [-0.3, -0.25) is 0 Å². The Kier molecular flexibility index (Phi) is 5.24. The molecule has 2 heterocycles. The minimum atomic E-state index is 0.0997. The average molecular weight is 397 g/mol. The summed E-state index contributed by atoms with van der Waals surface area (Å²) in [4.78, 5) is 7.24. The van der Waals surface area contributed by atoms with Gasteiger partial charge in [0.15, 0.2) is 0 Å². The van der Waals surface area contributed by atoms with E-state index in [9.17, 15) is 0 Å². The van der Waals surface area contributed by atoms with Crippen molar-refractivity contribution in [1.82, 2.24) is 14.9 Å². The number of piperidine rings is 1. The normalized spacial score (nSPS) is 15.2. The molecule has 5 rings (SSSR count). The van der Waals surface area contributed by atoms with Gasteiger partial charge in [0.2, 0.25) is 0 Å². The molecule has 0 spiro atoms. The summed E-state index contributed by atoms with van der Waals surface area (Å²) in [7, 11) is 2.07. The molecule has 0 unspecified atom stereocenters. The first kappa shape index (κ1) is 18.9. The number of aromatic nitrogens is 2. The average Bonchev–Trinajstić information content (AvgIpc) is 3.24. The Morgan fingerprint density at radius 1 is 0.867 bits per heavy atom. The Balaban J connectivity index is 1.57. The molecule has 0 amide bonds. The summed E-state index contributed by atoms with van der Waals surface area (Å²) in [5.41, 5.74) is 6.05. The van der Waals surface area contributed by atoms with Crippen molar-refractivity contribution in [2.75, 3.05) is 25.0 Å². The zero-order valence-corrected chi connectivity index (χ0v) is 17.4. The van der Waals surface area contributed by atoms with Gasteiger partial charge in [0.05, 0.1) is 23.4 Å². The molecule has 1 fully saturated rings. The van der Waals surface area contributed by atoms with Gasteiger partial charge in [-0.2, -0.15) is 0 Å². The molecule has 0 atom stereocenters. The van der Waals surface area contributed by atoms with E-state index >= 15 is 0 Å². The van der Waals surface area contributed by atoms with Crippen molar-refractivity contribution in [2.24, 2.45) is 0 Å². The summed E-state index contributed by atoms with van der Waals surface area (Å²) in [6, 6.07) is 28.9. The van der Waals surface area contributed by atoms with E-state index in [-0.39, 0.29) is 6.04 Å². The second-order valence-electron chi connectivity index (χ2n) is 8.10. The Hall–Kier alpha value is -3.11. The highest BCUT2D eigenvalue weighted by Gasteiger charge is 2.21. The second kappa shape index (κ2) is 8.33. The van der Waals surface area contributed by atoms with Crippen LogP contribution in [0.25, 0.3) is 11.0 Å². The standard InChI is InChI=1S/C26H28N4/c1-27-22-14-16-29(17-15-22)23-12-13-24-25(18-23)30(19-28-24)26(20-8-4-2-5-9-20)21-10-6-3-7-11-21/h2-13,18-19,22,26-27H,14-17H2,1H3. The molecule has 0 radical (unpaired) electrons. The topological polar surface area (TPSA) is 33.1 Å². The van der Waals surface area contributed by atoms with Crippen molar-refractivity contribution in [3.63, 3.8) is 0 Å². The minimum Gasteiger partial charge on any atom is -0.371 e. The lowest BCUT2D eigenvalue weighted by molar-refractivity contribution is 0.442. The van der Waals surface area contributed by atoms with Crippen LogP contribution in [-0.4, -0.2) is 35.7 Å². The van der Waals surface area contributed by atoms with Gasteiger partial charge in [0.1, 0.15) is 0 Å². The zero-order chi connectivity index (χ0) is 20.3. The van der Waals surface area contributed by atoms with Crippen molar-refractivity contribution in [3.8, 4) is 0 Å². The number of rotatable bonds is 5. The van der Waals surface area contributed by atoms with Gasteiger partial charge < -0.3 is 14.8 Å². The van der Waals surface area contributed by atoms with Gasteiger partial charge in [-0.05, 0) is 49.2 Å². The van der Waals surface area contributed by atoms with E-state index in [1.165, 1.54) is 35.2 Å². The molecular formula is C26H28N4. The van der Waals surface area contributed by atoms with Gasteiger partial charge in [0, 0.05) is 24.8 Å². The van der Waals surface area contributed by atoms with E-state index in [1.807, 2.05) is 6.33 Å². The number of nitrogens with one attached hydrogen (secondary N) is 1. The maximum absolute atomic E-state index is 4.74. The number of fused-ring (bicyclic) bond motifs is 1. The van der Waals surface area contributed by atoms with Crippen LogP contribution in [0.5, 0.6) is 0 Å². The van der Waals surface area contributed by atoms with Crippen molar-refractivity contribution in [3.05, 3.63) is 96.3 Å². The van der Waals surface area contributed by atoms with Crippen LogP contribution in [0.3, 0.4) is 0 Å². The molecule has 1 saturated heterocycles. The summed E-state index contributed by atoms with van der Waals surface area (Å²) < 4.78 is 2.32. The molecule has 0 bridgehead atoms. The first-order chi connectivity index (χ1) is 14.8. The maximum Gasteiger partial charge on any atom is 0.0966 e. The lowest BCUT2D eigenvalue weighted by Crippen LogP contribution is -2.41. The monoisotopic (exact) mass is 396 g/mol. The summed E-state index contributed by atoms with van der Waals surface area (Å²) in [5, 5.41) is 3.42. The molecule has 4 nitrogen and oxygen atoms in total. The minimum absolute atomic E-state index is 0.0997. The summed E-state index contributed by atoms with van der Waals surface area (Å²) in [5.74, 6) is 0. The van der Waals surface area contributed by atoms with Gasteiger partial charge in [-0.1, -0.05) is 60.7 Å². The van der Waals surface area contributed by atoms with E-state index < -0.39 is 0 Å². The van der Waals surface area contributed by atoms with Gasteiger partial charge in [-0.25, -0.2) is 4.98 Å². The fourth-order valence-corrected chi connectivity index (χ4v) is 4.63. The number of hydrogen-bond acceptors (Lipinski definition) is 3. The van der Waals surface area contributed by atoms with Crippen LogP contribution in [0, 0.1) is 0 Å². The van der Waals surface area contributed by atoms with Crippen LogP contribution in [0.15, 0.2) is 85.2 Å². The van der Waals surface area contributed by atoms with E-state index in [1.54, 1.807) is 0 Å². The van der Waals surface area contributed by atoms with Crippen molar-refractivity contribution >= 4 is 16.7 Å². The highest BCUT2D eigenvalue weighted by Crippen LogP contribution is 2.32. The Labute approximate surface area is 178 Å². The Bertz CT molecular complexity index is 1060.